The molecule has 0 N–H and O–H groups in total. The highest BCUT2D eigenvalue weighted by Gasteiger charge is 2.22. The number of carbonyl (C=O) groups excluding carboxylic acids is 3. The molecule has 0 aromatic heterocycles. The van der Waals surface area contributed by atoms with Crippen molar-refractivity contribution < 1.29 is 42.9 Å². The minimum atomic E-state index is -1.64. The fourth-order valence-corrected chi connectivity index (χ4v) is 8.44. The molecule has 2 atom stereocenters. The quantitative estimate of drug-likeness (QED) is 0.0195. The number of carbonyl (C=O) groups is 3. The summed E-state index contributed by atoms with van der Waals surface area (Å²) in [6.45, 7) is 4.58. The summed E-state index contributed by atoms with van der Waals surface area (Å²) >= 11 is 0. The largest absolute Gasteiger partial charge is 0.545 e. The maximum absolute atomic E-state index is 12.9. The zero-order valence-corrected chi connectivity index (χ0v) is 52.4. The lowest BCUT2D eigenvalue weighted by atomic mass is 10.0. The number of rotatable bonds is 58. The molecule has 0 bridgehead atoms. The highest BCUT2D eigenvalue weighted by atomic mass is 16.7. The maximum Gasteiger partial charge on any atom is 0.306 e. The molecule has 0 amide bonds. The second-order valence-corrected chi connectivity index (χ2v) is 22.3. The summed E-state index contributed by atoms with van der Waals surface area (Å²) in [5.74, 6) is -2.35. The third-order valence-electron chi connectivity index (χ3n) is 13.4. The van der Waals surface area contributed by atoms with Gasteiger partial charge in [0.1, 0.15) is 13.2 Å². The van der Waals surface area contributed by atoms with Gasteiger partial charge in [0.15, 0.2) is 12.4 Å². The van der Waals surface area contributed by atoms with Gasteiger partial charge in [0, 0.05) is 12.8 Å². The van der Waals surface area contributed by atoms with Gasteiger partial charge in [-0.05, 0) is 116 Å². The molecular weight excluding hydrogens is 1010 g/mol. The van der Waals surface area contributed by atoms with Gasteiger partial charge in [-0.2, -0.15) is 0 Å². The lowest BCUT2D eigenvalue weighted by Crippen LogP contribution is -2.44. The molecule has 81 heavy (non-hydrogen) atoms. The molecule has 0 aliphatic heterocycles. The van der Waals surface area contributed by atoms with Crippen molar-refractivity contribution in [2.45, 2.75) is 257 Å². The number of nitrogens with zero attached hydrogens (tertiary/aromatic N) is 1. The maximum atomic E-state index is 12.9. The van der Waals surface area contributed by atoms with Crippen molar-refractivity contribution in [1.29, 1.82) is 0 Å². The normalized spacial score (nSPS) is 13.6. The van der Waals surface area contributed by atoms with E-state index in [4.69, 9.17) is 18.9 Å². The molecule has 0 saturated heterocycles. The summed E-state index contributed by atoms with van der Waals surface area (Å²) in [6, 6.07) is 0. The van der Waals surface area contributed by atoms with E-state index in [1.54, 1.807) is 0 Å². The number of hydrogen-bond acceptors (Lipinski definition) is 8. The average Bonchev–Trinajstić information content (AvgIpc) is 3.44. The van der Waals surface area contributed by atoms with E-state index >= 15 is 0 Å². The summed E-state index contributed by atoms with van der Waals surface area (Å²) in [6.07, 6.45) is 85.2. The van der Waals surface area contributed by atoms with Gasteiger partial charge in [0.05, 0.1) is 40.3 Å². The van der Waals surface area contributed by atoms with Crippen LogP contribution >= 0.6 is 0 Å². The van der Waals surface area contributed by atoms with E-state index < -0.39 is 24.3 Å². The first-order valence-corrected chi connectivity index (χ1v) is 32.3. The molecule has 0 spiro atoms. The third-order valence-corrected chi connectivity index (χ3v) is 13.4. The Hall–Kier alpha value is -4.57. The van der Waals surface area contributed by atoms with Crippen LogP contribution in [0.1, 0.15) is 245 Å². The van der Waals surface area contributed by atoms with Gasteiger partial charge in [0.25, 0.3) is 0 Å². The summed E-state index contributed by atoms with van der Waals surface area (Å²) in [4.78, 5) is 37.4. The number of ether oxygens (including phenoxy) is 4. The van der Waals surface area contributed by atoms with Crippen LogP contribution < -0.4 is 5.11 Å². The molecule has 0 aliphatic rings. The van der Waals surface area contributed by atoms with Gasteiger partial charge in [0.2, 0.25) is 0 Å². The number of carboxylic acids is 1. The van der Waals surface area contributed by atoms with Crippen LogP contribution in [-0.4, -0.2) is 82.3 Å². The molecule has 0 radical (unpaired) electrons. The average molecular weight is 1130 g/mol. The summed E-state index contributed by atoms with van der Waals surface area (Å²) in [5, 5.41) is 11.8. The van der Waals surface area contributed by atoms with Crippen LogP contribution in [0.4, 0.5) is 0 Å². The van der Waals surface area contributed by atoms with Crippen LogP contribution in [0.15, 0.2) is 134 Å². The van der Waals surface area contributed by atoms with Crippen LogP contribution in [-0.2, 0) is 33.3 Å². The van der Waals surface area contributed by atoms with E-state index in [1.165, 1.54) is 116 Å². The topological polar surface area (TPSA) is 111 Å². The number of allylic oxidation sites excluding steroid dienone is 22. The number of aliphatic carboxylic acids is 1. The molecule has 0 rings (SSSR count). The molecule has 0 aromatic carbocycles. The molecule has 2 unspecified atom stereocenters. The molecule has 9 heteroatoms. The number of unbranched alkanes of at least 4 members (excludes halogenated alkanes) is 21. The lowest BCUT2D eigenvalue weighted by Gasteiger charge is -2.26. The number of carboxylic acid groups (broad SMARTS) is 1. The molecule has 0 aliphatic carbocycles. The predicted octanol–water partition coefficient (Wildman–Crippen LogP) is 18.5. The Morgan fingerprint density at radius 3 is 1.09 bits per heavy atom. The molecule has 9 nitrogen and oxygen atoms in total. The Morgan fingerprint density at radius 1 is 0.383 bits per heavy atom. The molecule has 460 valence electrons. The van der Waals surface area contributed by atoms with Crippen molar-refractivity contribution in [3.63, 3.8) is 0 Å². The van der Waals surface area contributed by atoms with Crippen molar-refractivity contribution >= 4 is 17.9 Å². The highest BCUT2D eigenvalue weighted by molar-refractivity contribution is 5.70. The summed E-state index contributed by atoms with van der Waals surface area (Å²) in [5.41, 5.74) is 0. The first-order valence-electron chi connectivity index (χ1n) is 32.3. The second kappa shape index (κ2) is 61.5. The van der Waals surface area contributed by atoms with E-state index in [-0.39, 0.29) is 38.6 Å². The number of likely N-dealkylation sites (N-methyl/N-ethyl adjacent to an activating group) is 1. The SMILES string of the molecule is CC/C=C\C/C=C\C/C=C\C/C=C\C/C=C\C/C=C\C/C=C\C/C=C\C/C=C\C/C=C\CCCCC(=O)OC(COC(=O)CCCCCCCCCCCCC/C=C\CCCCCCCCCC)COC(OCC[N+](C)(C)C)C(=O)[O-]. The van der Waals surface area contributed by atoms with Gasteiger partial charge < -0.3 is 33.3 Å². The molecule has 0 fully saturated rings. The van der Waals surface area contributed by atoms with Crippen LogP contribution in [0, 0.1) is 0 Å². The van der Waals surface area contributed by atoms with Crippen molar-refractivity contribution in [1.82, 2.24) is 0 Å². The van der Waals surface area contributed by atoms with E-state index in [1.807, 2.05) is 21.1 Å². The van der Waals surface area contributed by atoms with Crippen molar-refractivity contribution in [2.75, 3.05) is 47.5 Å². The minimum Gasteiger partial charge on any atom is -0.545 e. The number of hydrogen-bond donors (Lipinski definition) is 0. The summed E-state index contributed by atoms with van der Waals surface area (Å²) in [7, 11) is 5.90. The van der Waals surface area contributed by atoms with Crippen molar-refractivity contribution in [3.8, 4) is 0 Å². The van der Waals surface area contributed by atoms with Gasteiger partial charge in [-0.3, -0.25) is 9.59 Å². The predicted molar refractivity (Wildman–Crippen MR) is 343 cm³/mol. The molecule has 0 aromatic rings. The van der Waals surface area contributed by atoms with Gasteiger partial charge in [-0.1, -0.05) is 250 Å². The van der Waals surface area contributed by atoms with E-state index in [0.717, 1.165) is 96.3 Å². The highest BCUT2D eigenvalue weighted by Crippen LogP contribution is 2.15. The second-order valence-electron chi connectivity index (χ2n) is 22.3. The number of quaternary nitrogens is 1. The zero-order chi connectivity index (χ0) is 59.1. The third kappa shape index (κ3) is 62.9. The minimum absolute atomic E-state index is 0.132. The van der Waals surface area contributed by atoms with Crippen LogP contribution in [0.3, 0.4) is 0 Å². The van der Waals surface area contributed by atoms with Gasteiger partial charge in [-0.25, -0.2) is 0 Å². The van der Waals surface area contributed by atoms with Gasteiger partial charge >= 0.3 is 11.9 Å². The molecule has 0 heterocycles. The Morgan fingerprint density at radius 2 is 0.704 bits per heavy atom. The monoisotopic (exact) mass is 1130 g/mol. The first-order chi connectivity index (χ1) is 39.6. The molecular formula is C72H119NO8. The standard InChI is InChI=1S/C72H119NO8/c1-6-8-10-12-14-16-18-20-22-24-26-28-30-31-32-33-34-35-36-37-38-39-41-43-45-47-49-51-53-55-57-59-61-63-70(75)81-68(67-80-72(71(76)77)78-65-64-73(3,4)5)66-79-69(74)62-60-58-56-54-52-50-48-46-44-42-40-29-27-25-23-21-19-17-15-13-11-9-7-2/h8,10,14,16,20,22,25-28,31-32,34-35,37-38,41,43,47,49,53,55,68,72H,6-7,9,11-13,15,17-19,21,23-24,29-30,33,36,39-40,42,44-46,48,50-52,54,56-67H2,1-5H3/b10-8-,16-14-,22-20-,27-25-,28-26-,32-31-,35-34-,38-37-,43-41-,49-47-,55-53-. The fourth-order valence-electron chi connectivity index (χ4n) is 8.44. The van der Waals surface area contributed by atoms with Crippen LogP contribution in [0.25, 0.3) is 0 Å². The van der Waals surface area contributed by atoms with E-state index in [0.29, 0.717) is 17.4 Å². The first kappa shape index (κ1) is 76.4. The van der Waals surface area contributed by atoms with Gasteiger partial charge in [-0.15, -0.1) is 0 Å². The van der Waals surface area contributed by atoms with E-state index in [2.05, 4.69) is 148 Å². The van der Waals surface area contributed by atoms with Crippen LogP contribution in [0.5, 0.6) is 0 Å². The summed E-state index contributed by atoms with van der Waals surface area (Å²) < 4.78 is 22.7. The Bertz CT molecular complexity index is 1790. The Kier molecular flexibility index (Phi) is 58.0. The lowest BCUT2D eigenvalue weighted by molar-refractivity contribution is -0.870. The number of esters is 2. The zero-order valence-electron chi connectivity index (χ0n) is 52.4. The molecule has 0 saturated carbocycles. The van der Waals surface area contributed by atoms with Crippen LogP contribution in [0.2, 0.25) is 0 Å². The smallest absolute Gasteiger partial charge is 0.306 e. The van der Waals surface area contributed by atoms with Crippen molar-refractivity contribution in [2.24, 2.45) is 0 Å². The fraction of sp³-hybridized carbons (Fsp3) is 0.653. The Balaban J connectivity index is 4.32. The Labute approximate surface area is 497 Å². The van der Waals surface area contributed by atoms with Crippen molar-refractivity contribution in [3.05, 3.63) is 134 Å². The van der Waals surface area contributed by atoms with E-state index in [9.17, 15) is 19.5 Å².